The summed E-state index contributed by atoms with van der Waals surface area (Å²) < 4.78 is 1.83. The van der Waals surface area contributed by atoms with Crippen LogP contribution in [-0.2, 0) is 13.0 Å². The number of fused-ring (bicyclic) bond motifs is 2. The topological polar surface area (TPSA) is 55.2 Å². The zero-order chi connectivity index (χ0) is 15.3. The summed E-state index contributed by atoms with van der Waals surface area (Å²) in [5.41, 5.74) is 0.854. The first-order valence-electron chi connectivity index (χ1n) is 7.99. The molecule has 2 aromatic heterocycles. The summed E-state index contributed by atoms with van der Waals surface area (Å²) in [7, 11) is 0. The molecule has 2 aliphatic rings. The van der Waals surface area contributed by atoms with E-state index in [1.165, 1.54) is 11.3 Å². The van der Waals surface area contributed by atoms with Crippen molar-refractivity contribution in [3.63, 3.8) is 0 Å². The number of carbonyl (C=O) groups is 1. The van der Waals surface area contributed by atoms with Crippen molar-refractivity contribution in [1.29, 1.82) is 0 Å². The molecular weight excluding hydrogens is 298 g/mol. The lowest BCUT2D eigenvalue weighted by atomic mass is 10.1. The van der Waals surface area contributed by atoms with Crippen LogP contribution in [0.2, 0.25) is 0 Å². The van der Waals surface area contributed by atoms with Crippen LogP contribution in [0, 0.1) is 6.92 Å². The third-order valence-corrected chi connectivity index (χ3v) is 5.92. The Morgan fingerprint density at radius 2 is 1.95 bits per heavy atom. The van der Waals surface area contributed by atoms with E-state index in [2.05, 4.69) is 0 Å². The predicted octanol–water partition coefficient (Wildman–Crippen LogP) is 2.34. The van der Waals surface area contributed by atoms with Crippen molar-refractivity contribution >= 4 is 27.5 Å². The highest BCUT2D eigenvalue weighted by atomic mass is 32.1. The number of amides is 1. The summed E-state index contributed by atoms with van der Waals surface area (Å²) in [5.74, 6) is 0.950. The summed E-state index contributed by atoms with van der Waals surface area (Å²) >= 11 is 1.39. The standard InChI is InChI=1S/C16H19N3O2S/c1-10-12-14(22-13(10)16(21)18-7-5-8-18)17-11-6-3-2-4-9-19(11)15(12)20/h2-9H2,1H3. The quantitative estimate of drug-likeness (QED) is 0.811. The Hall–Kier alpha value is -1.69. The number of aryl methyl sites for hydroxylation is 2. The van der Waals surface area contributed by atoms with Crippen LogP contribution in [-0.4, -0.2) is 33.4 Å². The SMILES string of the molecule is Cc1c(C(=O)N2CCC2)sc2nc3n(c(=O)c12)CCCCC3. The van der Waals surface area contributed by atoms with Crippen LogP contribution in [0.4, 0.5) is 0 Å². The van der Waals surface area contributed by atoms with E-state index in [1.807, 2.05) is 16.4 Å². The van der Waals surface area contributed by atoms with Gasteiger partial charge in [-0.15, -0.1) is 11.3 Å². The van der Waals surface area contributed by atoms with Gasteiger partial charge in [0.2, 0.25) is 0 Å². The van der Waals surface area contributed by atoms with Gasteiger partial charge in [0.1, 0.15) is 10.7 Å². The molecule has 0 aliphatic carbocycles. The Kier molecular flexibility index (Phi) is 3.29. The molecule has 1 saturated heterocycles. The minimum atomic E-state index is 0.0401. The molecule has 0 saturated carbocycles. The first kappa shape index (κ1) is 13.9. The van der Waals surface area contributed by atoms with Crippen LogP contribution in [0.25, 0.3) is 10.2 Å². The molecule has 0 atom stereocenters. The molecular formula is C16H19N3O2S. The number of rotatable bonds is 1. The molecule has 1 fully saturated rings. The second-order valence-electron chi connectivity index (χ2n) is 6.18. The molecule has 4 heterocycles. The lowest BCUT2D eigenvalue weighted by Gasteiger charge is -2.30. The van der Waals surface area contributed by atoms with Crippen molar-refractivity contribution in [2.45, 2.75) is 45.6 Å². The van der Waals surface area contributed by atoms with E-state index in [0.29, 0.717) is 10.3 Å². The van der Waals surface area contributed by atoms with Crippen molar-refractivity contribution in [2.75, 3.05) is 13.1 Å². The molecule has 6 heteroatoms. The maximum absolute atomic E-state index is 12.8. The van der Waals surface area contributed by atoms with E-state index >= 15 is 0 Å². The second kappa shape index (κ2) is 5.19. The van der Waals surface area contributed by atoms with Gasteiger partial charge in [-0.1, -0.05) is 6.42 Å². The molecule has 0 bridgehead atoms. The zero-order valence-corrected chi connectivity index (χ0v) is 13.5. The Bertz CT molecular complexity index is 817. The van der Waals surface area contributed by atoms with E-state index in [4.69, 9.17) is 4.98 Å². The van der Waals surface area contributed by atoms with Gasteiger partial charge in [0.05, 0.1) is 10.3 Å². The van der Waals surface area contributed by atoms with Gasteiger partial charge in [-0.05, 0) is 31.7 Å². The van der Waals surface area contributed by atoms with Crippen LogP contribution in [0.3, 0.4) is 0 Å². The highest BCUT2D eigenvalue weighted by Gasteiger charge is 2.27. The smallest absolute Gasteiger partial charge is 0.264 e. The molecule has 5 nitrogen and oxygen atoms in total. The number of hydrogen-bond donors (Lipinski definition) is 0. The van der Waals surface area contributed by atoms with Crippen molar-refractivity contribution < 1.29 is 4.79 Å². The number of thiophene rings is 1. The summed E-state index contributed by atoms with van der Waals surface area (Å²) in [6.45, 7) is 4.30. The van der Waals surface area contributed by atoms with Gasteiger partial charge in [-0.3, -0.25) is 14.2 Å². The van der Waals surface area contributed by atoms with Gasteiger partial charge in [-0.2, -0.15) is 0 Å². The van der Waals surface area contributed by atoms with Gasteiger partial charge in [0, 0.05) is 26.1 Å². The van der Waals surface area contributed by atoms with Crippen LogP contribution in [0.15, 0.2) is 4.79 Å². The fourth-order valence-electron chi connectivity index (χ4n) is 3.28. The first-order chi connectivity index (χ1) is 10.7. The molecule has 0 N–H and O–H groups in total. The Morgan fingerprint density at radius 3 is 2.68 bits per heavy atom. The monoisotopic (exact) mass is 317 g/mol. The van der Waals surface area contributed by atoms with Crippen molar-refractivity contribution in [1.82, 2.24) is 14.5 Å². The van der Waals surface area contributed by atoms with Crippen LogP contribution >= 0.6 is 11.3 Å². The minimum absolute atomic E-state index is 0.0401. The zero-order valence-electron chi connectivity index (χ0n) is 12.7. The third-order valence-electron chi connectivity index (χ3n) is 4.75. The summed E-state index contributed by atoms with van der Waals surface area (Å²) in [5, 5.41) is 0.652. The van der Waals surface area contributed by atoms with E-state index < -0.39 is 0 Å². The maximum Gasteiger partial charge on any atom is 0.264 e. The molecule has 4 rings (SSSR count). The lowest BCUT2D eigenvalue weighted by molar-refractivity contribution is 0.0656. The highest BCUT2D eigenvalue weighted by Crippen LogP contribution is 2.30. The minimum Gasteiger partial charge on any atom is -0.338 e. The molecule has 22 heavy (non-hydrogen) atoms. The molecule has 1 amide bonds. The van der Waals surface area contributed by atoms with Crippen LogP contribution in [0.5, 0.6) is 0 Å². The van der Waals surface area contributed by atoms with Crippen molar-refractivity contribution in [3.05, 3.63) is 26.6 Å². The van der Waals surface area contributed by atoms with E-state index in [-0.39, 0.29) is 11.5 Å². The normalized spacial score (nSPS) is 18.0. The maximum atomic E-state index is 12.8. The Labute approximate surface area is 132 Å². The first-order valence-corrected chi connectivity index (χ1v) is 8.80. The largest absolute Gasteiger partial charge is 0.338 e. The highest BCUT2D eigenvalue weighted by molar-refractivity contribution is 7.20. The molecule has 0 unspecified atom stereocenters. The summed E-state index contributed by atoms with van der Waals surface area (Å²) in [4.78, 5) is 33.3. The summed E-state index contributed by atoms with van der Waals surface area (Å²) in [6.07, 6.45) is 5.20. The fraction of sp³-hybridized carbons (Fsp3) is 0.562. The van der Waals surface area contributed by atoms with Crippen LogP contribution in [0.1, 0.15) is 46.7 Å². The molecule has 0 aromatic carbocycles. The van der Waals surface area contributed by atoms with Gasteiger partial charge >= 0.3 is 0 Å². The molecule has 2 aliphatic heterocycles. The number of hydrogen-bond acceptors (Lipinski definition) is 4. The van der Waals surface area contributed by atoms with Crippen molar-refractivity contribution in [3.8, 4) is 0 Å². The fourth-order valence-corrected chi connectivity index (χ4v) is 4.44. The predicted molar refractivity (Wildman–Crippen MR) is 86.7 cm³/mol. The lowest BCUT2D eigenvalue weighted by Crippen LogP contribution is -2.41. The van der Waals surface area contributed by atoms with Gasteiger partial charge in [0.25, 0.3) is 11.5 Å². The Balaban J connectivity index is 1.89. The summed E-state index contributed by atoms with van der Waals surface area (Å²) in [6, 6.07) is 0. The average Bonchev–Trinajstić information content (AvgIpc) is 2.62. The van der Waals surface area contributed by atoms with E-state index in [1.54, 1.807) is 0 Å². The number of carbonyl (C=O) groups excluding carboxylic acids is 1. The molecule has 2 aromatic rings. The van der Waals surface area contributed by atoms with Gasteiger partial charge < -0.3 is 4.90 Å². The Morgan fingerprint density at radius 1 is 1.14 bits per heavy atom. The van der Waals surface area contributed by atoms with E-state index in [0.717, 1.165) is 68.0 Å². The van der Waals surface area contributed by atoms with Gasteiger partial charge in [-0.25, -0.2) is 4.98 Å². The molecule has 0 spiro atoms. The second-order valence-corrected chi connectivity index (χ2v) is 7.18. The number of likely N-dealkylation sites (tertiary alicyclic amines) is 1. The average molecular weight is 317 g/mol. The van der Waals surface area contributed by atoms with Gasteiger partial charge in [0.15, 0.2) is 0 Å². The van der Waals surface area contributed by atoms with E-state index in [9.17, 15) is 9.59 Å². The third kappa shape index (κ3) is 2.00. The molecule has 116 valence electrons. The number of nitrogens with zero attached hydrogens (tertiary/aromatic N) is 3. The number of aromatic nitrogens is 2. The van der Waals surface area contributed by atoms with Crippen molar-refractivity contribution in [2.24, 2.45) is 0 Å². The molecule has 0 radical (unpaired) electrons. The van der Waals surface area contributed by atoms with Crippen LogP contribution < -0.4 is 5.56 Å².